The van der Waals surface area contributed by atoms with Gasteiger partial charge in [-0.1, -0.05) is 48.0 Å². The lowest BCUT2D eigenvalue weighted by Gasteiger charge is -2.23. The van der Waals surface area contributed by atoms with Crippen LogP contribution in [0.15, 0.2) is 94.9 Å². The largest absolute Gasteiger partial charge is 0.271 e. The van der Waals surface area contributed by atoms with Gasteiger partial charge in [-0.2, -0.15) is 10.2 Å². The van der Waals surface area contributed by atoms with Crippen molar-refractivity contribution in [2.45, 2.75) is 11.8 Å². The highest BCUT2D eigenvalue weighted by molar-refractivity contribution is 7.92. The molecule has 3 aromatic carbocycles. The van der Waals surface area contributed by atoms with Crippen molar-refractivity contribution in [2.75, 3.05) is 10.8 Å². The first-order valence-electron chi connectivity index (χ1n) is 10.7. The molecule has 0 aliphatic rings. The lowest BCUT2D eigenvalue weighted by molar-refractivity contribution is -0.119. The van der Waals surface area contributed by atoms with Crippen molar-refractivity contribution in [1.29, 1.82) is 0 Å². The molecule has 0 aliphatic carbocycles. The molecular weight excluding hydrogens is 505 g/mol. The Morgan fingerprint density at radius 3 is 2.31 bits per heavy atom. The highest BCUT2D eigenvalue weighted by Crippen LogP contribution is 2.24. The molecule has 0 saturated heterocycles. The van der Waals surface area contributed by atoms with E-state index in [0.717, 1.165) is 22.1 Å². The van der Waals surface area contributed by atoms with Crippen LogP contribution in [0.3, 0.4) is 0 Å². The molecule has 8 nitrogen and oxygen atoms in total. The number of hydrazone groups is 1. The molecule has 0 bridgehead atoms. The van der Waals surface area contributed by atoms with Crippen LogP contribution in [0.25, 0.3) is 5.69 Å². The summed E-state index contributed by atoms with van der Waals surface area (Å²) >= 11 is 6.27. The molecule has 1 heterocycles. The smallest absolute Gasteiger partial charge is 0.264 e. The van der Waals surface area contributed by atoms with Crippen LogP contribution in [0, 0.1) is 12.7 Å². The maximum Gasteiger partial charge on any atom is 0.264 e. The number of halogens is 2. The first-order valence-corrected chi connectivity index (χ1v) is 12.5. The zero-order valence-electron chi connectivity index (χ0n) is 19.0. The van der Waals surface area contributed by atoms with Crippen molar-refractivity contribution < 1.29 is 17.6 Å². The third kappa shape index (κ3) is 5.45. The van der Waals surface area contributed by atoms with Gasteiger partial charge in [0.05, 0.1) is 33.7 Å². The summed E-state index contributed by atoms with van der Waals surface area (Å²) in [5, 5.41) is 8.43. The fraction of sp³-hybridized carbons (Fsp3) is 0.0800. The van der Waals surface area contributed by atoms with Crippen LogP contribution in [-0.4, -0.2) is 36.9 Å². The number of hydrogen-bond acceptors (Lipinski definition) is 5. The first kappa shape index (κ1) is 25.1. The van der Waals surface area contributed by atoms with Crippen LogP contribution < -0.4 is 9.73 Å². The normalized spacial score (nSPS) is 11.5. The van der Waals surface area contributed by atoms with E-state index >= 15 is 0 Å². The first-order chi connectivity index (χ1) is 17.3. The Kier molecular flexibility index (Phi) is 7.47. The number of para-hydroxylation sites is 1. The maximum absolute atomic E-state index is 13.5. The second-order valence-corrected chi connectivity index (χ2v) is 9.85. The number of rotatable bonds is 8. The highest BCUT2D eigenvalue weighted by Gasteiger charge is 2.27. The second-order valence-electron chi connectivity index (χ2n) is 7.63. The predicted molar refractivity (Wildman–Crippen MR) is 136 cm³/mol. The fourth-order valence-electron chi connectivity index (χ4n) is 3.42. The Balaban J connectivity index is 1.54. The van der Waals surface area contributed by atoms with Gasteiger partial charge in [-0.25, -0.2) is 22.9 Å². The molecule has 1 N–H and O–H groups in total. The third-order valence-corrected chi connectivity index (χ3v) is 7.30. The van der Waals surface area contributed by atoms with E-state index in [1.54, 1.807) is 29.8 Å². The van der Waals surface area contributed by atoms with Crippen LogP contribution in [0.5, 0.6) is 0 Å². The molecular formula is C25H21ClFN5O3S. The molecule has 0 fully saturated rings. The molecule has 36 heavy (non-hydrogen) atoms. The van der Waals surface area contributed by atoms with Gasteiger partial charge in [0, 0.05) is 0 Å². The number of nitrogens with zero attached hydrogens (tertiary/aromatic N) is 4. The topological polar surface area (TPSA) is 96.7 Å². The summed E-state index contributed by atoms with van der Waals surface area (Å²) in [6.07, 6.45) is 1.34. The molecule has 0 unspecified atom stereocenters. The van der Waals surface area contributed by atoms with E-state index in [1.807, 2.05) is 30.3 Å². The van der Waals surface area contributed by atoms with Gasteiger partial charge < -0.3 is 0 Å². The molecule has 4 rings (SSSR count). The van der Waals surface area contributed by atoms with Crippen molar-refractivity contribution >= 4 is 39.4 Å². The van der Waals surface area contributed by atoms with E-state index in [-0.39, 0.29) is 15.7 Å². The molecule has 0 aliphatic heterocycles. The van der Waals surface area contributed by atoms with Crippen molar-refractivity contribution in [1.82, 2.24) is 15.2 Å². The molecule has 0 atom stereocenters. The molecule has 4 aromatic rings. The SMILES string of the molecule is Cc1c(/C=N\NC(=O)CN(c2ccc(F)cc2)S(=O)(=O)c2ccccc2)c(Cl)nn1-c1ccccc1. The Bertz CT molecular complexity index is 1490. The van der Waals surface area contributed by atoms with Crippen LogP contribution in [0.2, 0.25) is 5.15 Å². The molecule has 0 radical (unpaired) electrons. The maximum atomic E-state index is 13.5. The standard InChI is InChI=1S/C25H21ClFN5O3S/c1-18-23(25(26)30-32(18)21-8-4-2-5-9-21)16-28-29-24(33)17-31(20-14-12-19(27)13-15-20)36(34,35)22-10-6-3-7-11-22/h2-16H,17H2,1H3,(H,29,33)/b28-16-. The number of sulfonamides is 1. The van der Waals surface area contributed by atoms with Crippen molar-refractivity contribution in [3.63, 3.8) is 0 Å². The van der Waals surface area contributed by atoms with E-state index in [4.69, 9.17) is 11.6 Å². The summed E-state index contributed by atoms with van der Waals surface area (Å²) < 4.78 is 42.5. The Morgan fingerprint density at radius 2 is 1.67 bits per heavy atom. The summed E-state index contributed by atoms with van der Waals surface area (Å²) in [7, 11) is -4.12. The summed E-state index contributed by atoms with van der Waals surface area (Å²) in [6.45, 7) is 1.22. The lowest BCUT2D eigenvalue weighted by atomic mass is 10.2. The number of carbonyl (C=O) groups is 1. The Labute approximate surface area is 212 Å². The summed E-state index contributed by atoms with van der Waals surface area (Å²) in [5.41, 5.74) is 4.45. The number of hydrogen-bond donors (Lipinski definition) is 1. The van der Waals surface area contributed by atoms with Crippen molar-refractivity contribution in [3.8, 4) is 5.69 Å². The third-order valence-electron chi connectivity index (χ3n) is 5.23. The fourth-order valence-corrected chi connectivity index (χ4v) is 5.13. The Morgan fingerprint density at radius 1 is 1.06 bits per heavy atom. The van der Waals surface area contributed by atoms with E-state index < -0.39 is 28.3 Å². The summed E-state index contributed by atoms with van der Waals surface area (Å²) in [6, 6.07) is 21.8. The number of amides is 1. The lowest BCUT2D eigenvalue weighted by Crippen LogP contribution is -2.39. The van der Waals surface area contributed by atoms with Gasteiger partial charge in [-0.05, 0) is 55.5 Å². The zero-order chi connectivity index (χ0) is 25.7. The molecule has 1 amide bonds. The van der Waals surface area contributed by atoms with E-state index in [0.29, 0.717) is 11.3 Å². The van der Waals surface area contributed by atoms with Gasteiger partial charge in [-0.15, -0.1) is 0 Å². The number of aromatic nitrogens is 2. The predicted octanol–water partition coefficient (Wildman–Crippen LogP) is 4.32. The van der Waals surface area contributed by atoms with Crippen LogP contribution in [0.4, 0.5) is 10.1 Å². The number of benzene rings is 3. The Hall–Kier alpha value is -4.02. The molecule has 11 heteroatoms. The molecule has 1 aromatic heterocycles. The monoisotopic (exact) mass is 525 g/mol. The second kappa shape index (κ2) is 10.7. The molecule has 184 valence electrons. The molecule has 0 spiro atoms. The van der Waals surface area contributed by atoms with Gasteiger partial charge in [0.1, 0.15) is 12.4 Å². The average molecular weight is 526 g/mol. The minimum absolute atomic E-state index is 0.0126. The van der Waals surface area contributed by atoms with Crippen LogP contribution in [-0.2, 0) is 14.8 Å². The minimum Gasteiger partial charge on any atom is -0.271 e. The minimum atomic E-state index is -4.12. The summed E-state index contributed by atoms with van der Waals surface area (Å²) in [4.78, 5) is 12.7. The number of anilines is 1. The highest BCUT2D eigenvalue weighted by atomic mass is 35.5. The van der Waals surface area contributed by atoms with Gasteiger partial charge in [0.25, 0.3) is 15.9 Å². The molecule has 0 saturated carbocycles. The van der Waals surface area contributed by atoms with E-state index in [9.17, 15) is 17.6 Å². The number of nitrogens with one attached hydrogen (secondary N) is 1. The van der Waals surface area contributed by atoms with Gasteiger partial charge in [0.2, 0.25) is 0 Å². The van der Waals surface area contributed by atoms with Gasteiger partial charge in [-0.3, -0.25) is 9.10 Å². The van der Waals surface area contributed by atoms with Gasteiger partial charge >= 0.3 is 0 Å². The summed E-state index contributed by atoms with van der Waals surface area (Å²) in [5.74, 6) is -1.24. The quantitative estimate of drug-likeness (QED) is 0.274. The van der Waals surface area contributed by atoms with Crippen molar-refractivity contribution in [3.05, 3.63) is 107 Å². The van der Waals surface area contributed by atoms with Crippen LogP contribution >= 0.6 is 11.6 Å². The van der Waals surface area contributed by atoms with Gasteiger partial charge in [0.15, 0.2) is 5.15 Å². The number of carbonyl (C=O) groups excluding carboxylic acids is 1. The van der Waals surface area contributed by atoms with Crippen LogP contribution in [0.1, 0.15) is 11.3 Å². The zero-order valence-corrected chi connectivity index (χ0v) is 20.6. The van der Waals surface area contributed by atoms with E-state index in [1.165, 1.54) is 30.5 Å². The van der Waals surface area contributed by atoms with E-state index in [2.05, 4.69) is 15.6 Å². The average Bonchev–Trinajstić information content (AvgIpc) is 3.17. The van der Waals surface area contributed by atoms with Crippen molar-refractivity contribution in [2.24, 2.45) is 5.10 Å².